The minimum atomic E-state index is 1.07. The van der Waals surface area contributed by atoms with Crippen molar-refractivity contribution in [2.45, 2.75) is 13.3 Å². The molecule has 1 nitrogen and oxygen atoms in total. The number of hydrogen-bond donors (Lipinski definition) is 1. The van der Waals surface area contributed by atoms with E-state index in [1.165, 1.54) is 33.5 Å². The molecule has 1 aliphatic carbocycles. The Kier molecular flexibility index (Phi) is 2.00. The molecule has 80 valence electrons. The second kappa shape index (κ2) is 3.38. The fourth-order valence-electron chi connectivity index (χ4n) is 2.49. The largest absolute Gasteiger partial charge is 0.388 e. The van der Waals surface area contributed by atoms with Crippen molar-refractivity contribution in [3.63, 3.8) is 0 Å². The van der Waals surface area contributed by atoms with Gasteiger partial charge in [-0.05, 0) is 47.7 Å². The highest BCUT2D eigenvalue weighted by Gasteiger charge is 2.17. The van der Waals surface area contributed by atoms with Crippen LogP contribution in [0, 0.1) is 6.92 Å². The quantitative estimate of drug-likeness (QED) is 0.645. The average molecular weight is 209 g/mol. The number of fused-ring (bicyclic) bond motifs is 3. The standard InChI is InChI=1S/C15H15N/c1-10-3-5-14-11(7-10)8-12-9-13(16-2)4-6-15(12)14/h3-7,9,16H,8H2,1-2H3. The molecule has 0 aromatic heterocycles. The molecule has 2 aromatic carbocycles. The van der Waals surface area contributed by atoms with Gasteiger partial charge in [0.25, 0.3) is 0 Å². The van der Waals surface area contributed by atoms with Crippen LogP contribution < -0.4 is 5.32 Å². The smallest absolute Gasteiger partial charge is 0.0340 e. The summed E-state index contributed by atoms with van der Waals surface area (Å²) < 4.78 is 0. The van der Waals surface area contributed by atoms with Crippen LogP contribution in [-0.2, 0) is 6.42 Å². The molecule has 3 rings (SSSR count). The van der Waals surface area contributed by atoms with Crippen molar-refractivity contribution < 1.29 is 0 Å². The molecule has 1 heteroatoms. The Labute approximate surface area is 96.1 Å². The van der Waals surface area contributed by atoms with E-state index < -0.39 is 0 Å². The summed E-state index contributed by atoms with van der Waals surface area (Å²) >= 11 is 0. The van der Waals surface area contributed by atoms with Crippen LogP contribution in [0.15, 0.2) is 36.4 Å². The average Bonchev–Trinajstić information content (AvgIpc) is 2.64. The Morgan fingerprint density at radius 2 is 1.62 bits per heavy atom. The third kappa shape index (κ3) is 1.32. The van der Waals surface area contributed by atoms with E-state index in [9.17, 15) is 0 Å². The van der Waals surface area contributed by atoms with E-state index in [0.29, 0.717) is 0 Å². The zero-order valence-corrected chi connectivity index (χ0v) is 9.67. The summed E-state index contributed by atoms with van der Waals surface area (Å²) in [6, 6.07) is 13.4. The van der Waals surface area contributed by atoms with Crippen molar-refractivity contribution >= 4 is 5.69 Å². The van der Waals surface area contributed by atoms with Gasteiger partial charge in [0, 0.05) is 12.7 Å². The SMILES string of the molecule is CNc1ccc2c(c1)Cc1cc(C)ccc1-2. The maximum Gasteiger partial charge on any atom is 0.0340 e. The lowest BCUT2D eigenvalue weighted by molar-refractivity contribution is 1.25. The molecule has 0 fully saturated rings. The van der Waals surface area contributed by atoms with Gasteiger partial charge in [-0.2, -0.15) is 0 Å². The third-order valence-electron chi connectivity index (χ3n) is 3.33. The monoisotopic (exact) mass is 209 g/mol. The van der Waals surface area contributed by atoms with Crippen LogP contribution in [0.5, 0.6) is 0 Å². The first-order valence-electron chi connectivity index (χ1n) is 5.68. The fraction of sp³-hybridized carbons (Fsp3) is 0.200. The van der Waals surface area contributed by atoms with E-state index in [2.05, 4.69) is 48.6 Å². The van der Waals surface area contributed by atoms with Crippen LogP contribution in [0.25, 0.3) is 11.1 Å². The molecule has 1 aliphatic rings. The van der Waals surface area contributed by atoms with Crippen molar-refractivity contribution in [1.82, 2.24) is 0 Å². The van der Waals surface area contributed by atoms with Gasteiger partial charge in [0.05, 0.1) is 0 Å². The Hall–Kier alpha value is -1.76. The Morgan fingerprint density at radius 3 is 2.38 bits per heavy atom. The minimum Gasteiger partial charge on any atom is -0.388 e. The number of anilines is 1. The van der Waals surface area contributed by atoms with Gasteiger partial charge in [-0.3, -0.25) is 0 Å². The predicted octanol–water partition coefficient (Wildman–Crippen LogP) is 3.61. The first-order chi connectivity index (χ1) is 7.78. The summed E-state index contributed by atoms with van der Waals surface area (Å²) in [5.41, 5.74) is 8.25. The third-order valence-corrected chi connectivity index (χ3v) is 3.33. The van der Waals surface area contributed by atoms with Gasteiger partial charge in [-0.25, -0.2) is 0 Å². The molecule has 1 N–H and O–H groups in total. The maximum atomic E-state index is 3.19. The second-order valence-corrected chi connectivity index (χ2v) is 4.46. The van der Waals surface area contributed by atoms with E-state index in [-0.39, 0.29) is 0 Å². The summed E-state index contributed by atoms with van der Waals surface area (Å²) in [7, 11) is 1.97. The summed E-state index contributed by atoms with van der Waals surface area (Å²) in [4.78, 5) is 0. The topological polar surface area (TPSA) is 12.0 Å². The summed E-state index contributed by atoms with van der Waals surface area (Å²) in [6.45, 7) is 2.16. The lowest BCUT2D eigenvalue weighted by atomic mass is 10.0. The molecule has 0 saturated carbocycles. The van der Waals surface area contributed by atoms with Crippen LogP contribution >= 0.6 is 0 Å². The molecule has 0 saturated heterocycles. The summed E-state index contributed by atoms with van der Waals surface area (Å²) in [5, 5.41) is 3.19. The maximum absolute atomic E-state index is 3.19. The molecule has 0 amide bonds. The van der Waals surface area contributed by atoms with Crippen molar-refractivity contribution in [3.8, 4) is 11.1 Å². The molecular weight excluding hydrogens is 194 g/mol. The van der Waals surface area contributed by atoms with E-state index in [1.54, 1.807) is 0 Å². The van der Waals surface area contributed by atoms with Crippen molar-refractivity contribution in [1.29, 1.82) is 0 Å². The molecule has 0 unspecified atom stereocenters. The molecular formula is C15H15N. The van der Waals surface area contributed by atoms with Crippen LogP contribution in [0.4, 0.5) is 5.69 Å². The van der Waals surface area contributed by atoms with Crippen LogP contribution in [0.1, 0.15) is 16.7 Å². The van der Waals surface area contributed by atoms with Gasteiger partial charge in [0.1, 0.15) is 0 Å². The molecule has 0 bridgehead atoms. The molecule has 2 aromatic rings. The number of nitrogens with one attached hydrogen (secondary N) is 1. The van der Waals surface area contributed by atoms with Gasteiger partial charge in [0.2, 0.25) is 0 Å². The Morgan fingerprint density at radius 1 is 0.938 bits per heavy atom. The highest BCUT2D eigenvalue weighted by molar-refractivity contribution is 5.78. The van der Waals surface area contributed by atoms with E-state index in [0.717, 1.165) is 6.42 Å². The molecule has 0 aliphatic heterocycles. The number of aryl methyl sites for hydroxylation is 1. The molecule has 0 atom stereocenters. The Balaban J connectivity index is 2.16. The minimum absolute atomic E-state index is 1.07. The van der Waals surface area contributed by atoms with Gasteiger partial charge in [0.15, 0.2) is 0 Å². The van der Waals surface area contributed by atoms with Gasteiger partial charge >= 0.3 is 0 Å². The van der Waals surface area contributed by atoms with Gasteiger partial charge in [-0.1, -0.05) is 29.8 Å². The highest BCUT2D eigenvalue weighted by Crippen LogP contribution is 2.38. The molecule has 0 spiro atoms. The number of hydrogen-bond acceptors (Lipinski definition) is 1. The van der Waals surface area contributed by atoms with Crippen LogP contribution in [-0.4, -0.2) is 7.05 Å². The van der Waals surface area contributed by atoms with Crippen molar-refractivity contribution in [2.75, 3.05) is 12.4 Å². The highest BCUT2D eigenvalue weighted by atomic mass is 14.8. The molecule has 0 radical (unpaired) electrons. The fourth-order valence-corrected chi connectivity index (χ4v) is 2.49. The first-order valence-corrected chi connectivity index (χ1v) is 5.68. The zero-order valence-electron chi connectivity index (χ0n) is 9.67. The summed E-state index contributed by atoms with van der Waals surface area (Å²) in [5.74, 6) is 0. The molecule has 16 heavy (non-hydrogen) atoms. The molecule has 0 heterocycles. The second-order valence-electron chi connectivity index (χ2n) is 4.46. The lowest BCUT2D eigenvalue weighted by Gasteiger charge is -2.04. The van der Waals surface area contributed by atoms with E-state index >= 15 is 0 Å². The van der Waals surface area contributed by atoms with Crippen LogP contribution in [0.2, 0.25) is 0 Å². The normalized spacial score (nSPS) is 12.1. The Bertz CT molecular complexity index is 555. The zero-order chi connectivity index (χ0) is 11.1. The number of rotatable bonds is 1. The first kappa shape index (κ1) is 9.46. The van der Waals surface area contributed by atoms with Crippen molar-refractivity contribution in [3.05, 3.63) is 53.1 Å². The summed E-state index contributed by atoms with van der Waals surface area (Å²) in [6.07, 6.45) is 1.07. The van der Waals surface area contributed by atoms with Gasteiger partial charge in [-0.15, -0.1) is 0 Å². The predicted molar refractivity (Wildman–Crippen MR) is 69.0 cm³/mol. The van der Waals surface area contributed by atoms with E-state index in [4.69, 9.17) is 0 Å². The van der Waals surface area contributed by atoms with Gasteiger partial charge < -0.3 is 5.32 Å². The van der Waals surface area contributed by atoms with Crippen molar-refractivity contribution in [2.24, 2.45) is 0 Å². The lowest BCUT2D eigenvalue weighted by Crippen LogP contribution is -1.89. The number of benzene rings is 2. The van der Waals surface area contributed by atoms with Crippen LogP contribution in [0.3, 0.4) is 0 Å². The van der Waals surface area contributed by atoms with E-state index in [1.807, 2.05) is 7.05 Å².